The number of carbonyl (C=O) groups excluding carboxylic acids is 2. The number of amides is 1. The molecule has 32 heavy (non-hydrogen) atoms. The molecule has 0 aliphatic carbocycles. The SMILES string of the molecule is CCCOc1ccc(C(=O)NC2CCC(C(=O)OC)NC2)cc1-c1nc(C)c(C)c(=O)[nH]1. The molecular weight excluding hydrogens is 412 g/mol. The van der Waals surface area contributed by atoms with Crippen LogP contribution in [0.3, 0.4) is 0 Å². The van der Waals surface area contributed by atoms with Gasteiger partial charge in [0.2, 0.25) is 0 Å². The van der Waals surface area contributed by atoms with Crippen LogP contribution < -0.4 is 20.9 Å². The van der Waals surface area contributed by atoms with E-state index in [2.05, 4.69) is 20.6 Å². The molecule has 1 aliphatic rings. The van der Waals surface area contributed by atoms with E-state index in [0.717, 1.165) is 6.42 Å². The number of methoxy groups -OCH3 is 1. The smallest absolute Gasteiger partial charge is 0.322 e. The lowest BCUT2D eigenvalue weighted by atomic mass is 10.00. The summed E-state index contributed by atoms with van der Waals surface area (Å²) in [5.41, 5.74) is 1.93. The van der Waals surface area contributed by atoms with Crippen LogP contribution in [0.5, 0.6) is 5.75 Å². The second kappa shape index (κ2) is 10.4. The highest BCUT2D eigenvalue weighted by Gasteiger charge is 2.27. The summed E-state index contributed by atoms with van der Waals surface area (Å²) in [6.07, 6.45) is 2.06. The molecule has 172 valence electrons. The van der Waals surface area contributed by atoms with Gasteiger partial charge in [-0.2, -0.15) is 0 Å². The van der Waals surface area contributed by atoms with Crippen molar-refractivity contribution in [2.24, 2.45) is 0 Å². The Balaban J connectivity index is 1.82. The third-order valence-electron chi connectivity index (χ3n) is 5.59. The number of aryl methyl sites for hydroxylation is 1. The number of rotatable bonds is 7. The first kappa shape index (κ1) is 23.5. The Labute approximate surface area is 186 Å². The van der Waals surface area contributed by atoms with Gasteiger partial charge >= 0.3 is 5.97 Å². The Morgan fingerprint density at radius 3 is 2.66 bits per heavy atom. The topological polar surface area (TPSA) is 122 Å². The molecule has 1 aromatic carbocycles. The van der Waals surface area contributed by atoms with Crippen molar-refractivity contribution in [2.45, 2.75) is 52.1 Å². The summed E-state index contributed by atoms with van der Waals surface area (Å²) >= 11 is 0. The Morgan fingerprint density at radius 2 is 2.03 bits per heavy atom. The van der Waals surface area contributed by atoms with Crippen LogP contribution in [0.1, 0.15) is 47.8 Å². The number of nitrogens with zero attached hydrogens (tertiary/aromatic N) is 1. The maximum absolute atomic E-state index is 12.9. The highest BCUT2D eigenvalue weighted by atomic mass is 16.5. The first-order chi connectivity index (χ1) is 15.3. The minimum Gasteiger partial charge on any atom is -0.493 e. The zero-order valence-corrected chi connectivity index (χ0v) is 18.9. The minimum atomic E-state index is -0.345. The van der Waals surface area contributed by atoms with E-state index in [4.69, 9.17) is 9.47 Å². The number of piperidine rings is 1. The van der Waals surface area contributed by atoms with Crippen LogP contribution in [0.15, 0.2) is 23.0 Å². The monoisotopic (exact) mass is 442 g/mol. The molecule has 0 spiro atoms. The van der Waals surface area contributed by atoms with Gasteiger partial charge in [0.25, 0.3) is 11.5 Å². The zero-order chi connectivity index (χ0) is 23.3. The summed E-state index contributed by atoms with van der Waals surface area (Å²) in [7, 11) is 1.36. The molecule has 0 saturated carbocycles. The van der Waals surface area contributed by atoms with Gasteiger partial charge in [-0.1, -0.05) is 6.92 Å². The van der Waals surface area contributed by atoms with Crippen molar-refractivity contribution in [2.75, 3.05) is 20.3 Å². The van der Waals surface area contributed by atoms with Gasteiger partial charge in [0.15, 0.2) is 0 Å². The van der Waals surface area contributed by atoms with Gasteiger partial charge in [0, 0.05) is 29.4 Å². The van der Waals surface area contributed by atoms with E-state index in [-0.39, 0.29) is 29.5 Å². The van der Waals surface area contributed by atoms with Crippen molar-refractivity contribution in [3.8, 4) is 17.1 Å². The lowest BCUT2D eigenvalue weighted by molar-refractivity contribution is -0.143. The molecule has 0 bridgehead atoms. The molecule has 0 radical (unpaired) electrons. The third kappa shape index (κ3) is 5.34. The minimum absolute atomic E-state index is 0.109. The molecule has 1 aliphatic heterocycles. The molecule has 1 amide bonds. The van der Waals surface area contributed by atoms with Crippen molar-refractivity contribution in [1.82, 2.24) is 20.6 Å². The van der Waals surface area contributed by atoms with Gasteiger partial charge in [0.05, 0.1) is 19.3 Å². The molecule has 2 unspecified atom stereocenters. The second-order valence-electron chi connectivity index (χ2n) is 7.92. The van der Waals surface area contributed by atoms with Gasteiger partial charge < -0.3 is 25.1 Å². The number of aromatic amines is 1. The van der Waals surface area contributed by atoms with Gasteiger partial charge in [-0.25, -0.2) is 4.98 Å². The normalized spacial score (nSPS) is 18.1. The molecule has 2 atom stereocenters. The third-order valence-corrected chi connectivity index (χ3v) is 5.59. The van der Waals surface area contributed by atoms with E-state index in [1.807, 2.05) is 6.92 Å². The van der Waals surface area contributed by atoms with E-state index in [9.17, 15) is 14.4 Å². The van der Waals surface area contributed by atoms with Crippen molar-refractivity contribution in [3.05, 3.63) is 45.4 Å². The number of H-pyrrole nitrogens is 1. The van der Waals surface area contributed by atoms with Gasteiger partial charge in [-0.05, 0) is 51.3 Å². The largest absolute Gasteiger partial charge is 0.493 e. The van der Waals surface area contributed by atoms with Crippen molar-refractivity contribution in [3.63, 3.8) is 0 Å². The highest BCUT2D eigenvalue weighted by molar-refractivity contribution is 5.96. The number of esters is 1. The van der Waals surface area contributed by atoms with Crippen LogP contribution in [0.2, 0.25) is 0 Å². The average Bonchev–Trinajstić information content (AvgIpc) is 2.80. The first-order valence-electron chi connectivity index (χ1n) is 10.8. The fraction of sp³-hybridized carbons (Fsp3) is 0.478. The molecule has 2 heterocycles. The van der Waals surface area contributed by atoms with Gasteiger partial charge in [-0.15, -0.1) is 0 Å². The number of nitrogens with one attached hydrogen (secondary N) is 3. The van der Waals surface area contributed by atoms with E-state index in [1.54, 1.807) is 32.0 Å². The average molecular weight is 443 g/mol. The molecule has 9 nitrogen and oxygen atoms in total. The predicted octanol–water partition coefficient (Wildman–Crippen LogP) is 1.87. The van der Waals surface area contributed by atoms with Crippen LogP contribution in [-0.2, 0) is 9.53 Å². The molecule has 1 fully saturated rings. The standard InChI is InChI=1S/C23H30N4O5/c1-5-10-32-19-9-6-15(11-17(19)20-25-14(3)13(2)21(28)27-20)22(29)26-16-7-8-18(24-12-16)23(30)31-4/h6,9,11,16,18,24H,5,7-8,10,12H2,1-4H3,(H,26,29)(H,25,27,28). The summed E-state index contributed by atoms with van der Waals surface area (Å²) in [5.74, 6) is 0.369. The Hall–Kier alpha value is -3.20. The van der Waals surface area contributed by atoms with Gasteiger partial charge in [0.1, 0.15) is 17.6 Å². The van der Waals surface area contributed by atoms with Crippen molar-refractivity contribution >= 4 is 11.9 Å². The van der Waals surface area contributed by atoms with Crippen LogP contribution in [0, 0.1) is 13.8 Å². The quantitative estimate of drug-likeness (QED) is 0.560. The van der Waals surface area contributed by atoms with Crippen LogP contribution >= 0.6 is 0 Å². The summed E-state index contributed by atoms with van der Waals surface area (Å²) < 4.78 is 10.6. The summed E-state index contributed by atoms with van der Waals surface area (Å²) in [6.45, 7) is 6.46. The number of hydrogen-bond acceptors (Lipinski definition) is 7. The molecule has 3 rings (SSSR count). The molecule has 2 aromatic rings. The van der Waals surface area contributed by atoms with Crippen molar-refractivity contribution < 1.29 is 19.1 Å². The Bertz CT molecular complexity index is 1040. The molecule has 1 aromatic heterocycles. The zero-order valence-electron chi connectivity index (χ0n) is 18.9. The number of aromatic nitrogens is 2. The number of benzene rings is 1. The second-order valence-corrected chi connectivity index (χ2v) is 7.92. The van der Waals surface area contributed by atoms with Crippen molar-refractivity contribution in [1.29, 1.82) is 0 Å². The number of ether oxygens (including phenoxy) is 2. The maximum atomic E-state index is 12.9. The van der Waals surface area contributed by atoms with E-state index < -0.39 is 0 Å². The lowest BCUT2D eigenvalue weighted by Crippen LogP contribution is -2.52. The summed E-state index contributed by atoms with van der Waals surface area (Å²) in [5, 5.41) is 6.10. The molecule has 3 N–H and O–H groups in total. The molecule has 1 saturated heterocycles. The first-order valence-corrected chi connectivity index (χ1v) is 10.8. The number of hydrogen-bond donors (Lipinski definition) is 3. The number of carbonyl (C=O) groups is 2. The van der Waals surface area contributed by atoms with Gasteiger partial charge in [-0.3, -0.25) is 14.4 Å². The van der Waals surface area contributed by atoms with E-state index in [0.29, 0.717) is 60.0 Å². The fourth-order valence-electron chi connectivity index (χ4n) is 3.56. The van der Waals surface area contributed by atoms with E-state index >= 15 is 0 Å². The van der Waals surface area contributed by atoms with Crippen LogP contribution in [0.4, 0.5) is 0 Å². The Morgan fingerprint density at radius 1 is 1.25 bits per heavy atom. The maximum Gasteiger partial charge on any atom is 0.322 e. The van der Waals surface area contributed by atoms with Crippen LogP contribution in [0.25, 0.3) is 11.4 Å². The Kier molecular flexibility index (Phi) is 7.63. The molecular formula is C23H30N4O5. The summed E-state index contributed by atoms with van der Waals surface area (Å²) in [4.78, 5) is 44.1. The van der Waals surface area contributed by atoms with Crippen LogP contribution in [-0.4, -0.2) is 54.2 Å². The summed E-state index contributed by atoms with van der Waals surface area (Å²) in [6, 6.07) is 4.64. The predicted molar refractivity (Wildman–Crippen MR) is 120 cm³/mol. The molecule has 9 heteroatoms. The lowest BCUT2D eigenvalue weighted by Gasteiger charge is -2.28. The fourth-order valence-corrected chi connectivity index (χ4v) is 3.56. The van der Waals surface area contributed by atoms with E-state index in [1.165, 1.54) is 7.11 Å². The highest BCUT2D eigenvalue weighted by Crippen LogP contribution is 2.29.